The molecule has 140 valence electrons. The number of rotatable bonds is 6. The van der Waals surface area contributed by atoms with Crippen LogP contribution in [0.15, 0.2) is 42.6 Å². The average molecular weight is 383 g/mol. The van der Waals surface area contributed by atoms with Crippen molar-refractivity contribution < 1.29 is 14.3 Å². The van der Waals surface area contributed by atoms with E-state index >= 15 is 0 Å². The van der Waals surface area contributed by atoms with Gasteiger partial charge in [0.2, 0.25) is 5.88 Å². The molecule has 1 amide bonds. The molecule has 0 atom stereocenters. The van der Waals surface area contributed by atoms with Gasteiger partial charge >= 0.3 is 0 Å². The zero-order valence-corrected chi connectivity index (χ0v) is 16.5. The minimum absolute atomic E-state index is 0.180. The molecular weight excluding hydrogens is 362 g/mol. The van der Waals surface area contributed by atoms with Crippen LogP contribution >= 0.6 is 11.3 Å². The lowest BCUT2D eigenvalue weighted by Crippen LogP contribution is -2.11. The van der Waals surface area contributed by atoms with Crippen molar-refractivity contribution in [3.8, 4) is 17.4 Å². The number of hydrogen-bond donors (Lipinski definition) is 1. The molecule has 0 spiro atoms. The number of pyridine rings is 1. The lowest BCUT2D eigenvalue weighted by molar-refractivity contribution is 0.102. The summed E-state index contributed by atoms with van der Waals surface area (Å²) in [5.74, 6) is 1.87. The van der Waals surface area contributed by atoms with E-state index in [2.05, 4.69) is 29.1 Å². The second-order valence-electron chi connectivity index (χ2n) is 6.24. The Labute approximate surface area is 162 Å². The van der Waals surface area contributed by atoms with Crippen molar-refractivity contribution >= 4 is 22.9 Å². The van der Waals surface area contributed by atoms with Crippen LogP contribution in [0.4, 0.5) is 5.69 Å². The summed E-state index contributed by atoms with van der Waals surface area (Å²) in [5, 5.41) is 3.81. The predicted molar refractivity (Wildman–Crippen MR) is 106 cm³/mol. The fourth-order valence-corrected chi connectivity index (χ4v) is 3.33. The molecule has 0 unspecified atom stereocenters. The smallest absolute Gasteiger partial charge is 0.267 e. The third-order valence-electron chi connectivity index (χ3n) is 3.77. The Morgan fingerprint density at radius 3 is 2.59 bits per heavy atom. The third-order valence-corrected chi connectivity index (χ3v) is 5.23. The summed E-state index contributed by atoms with van der Waals surface area (Å²) in [4.78, 5) is 21.8. The van der Waals surface area contributed by atoms with Gasteiger partial charge in [-0.05, 0) is 25.1 Å². The van der Waals surface area contributed by atoms with Gasteiger partial charge in [-0.2, -0.15) is 0 Å². The van der Waals surface area contributed by atoms with Crippen LogP contribution in [0.3, 0.4) is 0 Å². The van der Waals surface area contributed by atoms with Gasteiger partial charge in [0.1, 0.15) is 16.4 Å². The van der Waals surface area contributed by atoms with Crippen molar-refractivity contribution in [2.75, 3.05) is 12.4 Å². The van der Waals surface area contributed by atoms with Gasteiger partial charge in [0, 0.05) is 18.1 Å². The number of thiazole rings is 1. The molecule has 2 heterocycles. The average Bonchev–Trinajstić information content (AvgIpc) is 3.06. The van der Waals surface area contributed by atoms with Crippen LogP contribution in [-0.4, -0.2) is 23.0 Å². The van der Waals surface area contributed by atoms with E-state index in [-0.39, 0.29) is 5.91 Å². The number of carbonyl (C=O) groups excluding carboxylic acids is 1. The van der Waals surface area contributed by atoms with Gasteiger partial charge in [0.25, 0.3) is 5.91 Å². The van der Waals surface area contributed by atoms with Crippen molar-refractivity contribution in [1.82, 2.24) is 9.97 Å². The van der Waals surface area contributed by atoms with Gasteiger partial charge in [-0.15, -0.1) is 11.3 Å². The first kappa shape index (κ1) is 18.8. The molecule has 3 rings (SSSR count). The number of methoxy groups -OCH3 is 1. The largest absolute Gasteiger partial charge is 0.497 e. The molecule has 2 aromatic heterocycles. The van der Waals surface area contributed by atoms with E-state index in [1.807, 2.05) is 25.1 Å². The van der Waals surface area contributed by atoms with Crippen LogP contribution in [0.5, 0.6) is 17.4 Å². The first-order chi connectivity index (χ1) is 13.0. The Kier molecular flexibility index (Phi) is 5.71. The molecule has 0 aliphatic rings. The fourth-order valence-electron chi connectivity index (χ4n) is 2.36. The van der Waals surface area contributed by atoms with E-state index in [1.165, 1.54) is 11.3 Å². The minimum Gasteiger partial charge on any atom is -0.497 e. The van der Waals surface area contributed by atoms with Gasteiger partial charge in [-0.3, -0.25) is 4.79 Å². The van der Waals surface area contributed by atoms with Crippen molar-refractivity contribution in [3.05, 3.63) is 58.2 Å². The van der Waals surface area contributed by atoms with Crippen molar-refractivity contribution in [2.45, 2.75) is 26.7 Å². The summed E-state index contributed by atoms with van der Waals surface area (Å²) >= 11 is 1.42. The SMILES string of the molecule is COc1cccc(Oc2ccc(NC(=O)c3sc(C(C)C)nc3C)cn2)c1. The second kappa shape index (κ2) is 8.18. The Morgan fingerprint density at radius 1 is 1.19 bits per heavy atom. The quantitative estimate of drug-likeness (QED) is 0.647. The maximum absolute atomic E-state index is 12.5. The molecule has 1 N–H and O–H groups in total. The molecule has 0 aliphatic carbocycles. The lowest BCUT2D eigenvalue weighted by atomic mass is 10.2. The van der Waals surface area contributed by atoms with Gasteiger partial charge < -0.3 is 14.8 Å². The summed E-state index contributed by atoms with van der Waals surface area (Å²) in [6.45, 7) is 5.97. The number of amides is 1. The molecule has 0 saturated carbocycles. The van der Waals surface area contributed by atoms with E-state index in [4.69, 9.17) is 9.47 Å². The van der Waals surface area contributed by atoms with E-state index in [1.54, 1.807) is 31.5 Å². The summed E-state index contributed by atoms with van der Waals surface area (Å²) in [6, 6.07) is 10.7. The van der Waals surface area contributed by atoms with E-state index in [0.717, 1.165) is 10.7 Å². The van der Waals surface area contributed by atoms with Gasteiger partial charge in [-0.1, -0.05) is 19.9 Å². The number of nitrogens with one attached hydrogen (secondary N) is 1. The first-order valence-corrected chi connectivity index (χ1v) is 9.34. The molecule has 27 heavy (non-hydrogen) atoms. The number of benzene rings is 1. The number of nitrogens with zero attached hydrogens (tertiary/aromatic N) is 2. The van der Waals surface area contributed by atoms with E-state index < -0.39 is 0 Å². The molecule has 0 saturated heterocycles. The maximum Gasteiger partial charge on any atom is 0.267 e. The van der Waals surface area contributed by atoms with Crippen molar-refractivity contribution in [2.24, 2.45) is 0 Å². The summed E-state index contributed by atoms with van der Waals surface area (Å²) in [7, 11) is 1.60. The van der Waals surface area contributed by atoms with Crippen LogP contribution < -0.4 is 14.8 Å². The zero-order chi connectivity index (χ0) is 19.4. The van der Waals surface area contributed by atoms with Crippen molar-refractivity contribution in [3.63, 3.8) is 0 Å². The zero-order valence-electron chi connectivity index (χ0n) is 15.6. The van der Waals surface area contributed by atoms with Crippen LogP contribution in [-0.2, 0) is 0 Å². The van der Waals surface area contributed by atoms with Gasteiger partial charge in [-0.25, -0.2) is 9.97 Å². The maximum atomic E-state index is 12.5. The van der Waals surface area contributed by atoms with E-state index in [9.17, 15) is 4.79 Å². The Balaban J connectivity index is 1.67. The predicted octanol–water partition coefficient (Wildman–Crippen LogP) is 5.02. The molecule has 0 bridgehead atoms. The molecule has 0 fully saturated rings. The second-order valence-corrected chi connectivity index (χ2v) is 7.27. The Morgan fingerprint density at radius 2 is 1.96 bits per heavy atom. The van der Waals surface area contributed by atoms with Gasteiger partial charge in [0.05, 0.1) is 29.7 Å². The molecule has 1 aromatic carbocycles. The Bertz CT molecular complexity index is 936. The van der Waals surface area contributed by atoms with Crippen LogP contribution in [0.2, 0.25) is 0 Å². The highest BCUT2D eigenvalue weighted by molar-refractivity contribution is 7.14. The number of hydrogen-bond acceptors (Lipinski definition) is 6. The summed E-state index contributed by atoms with van der Waals surface area (Å²) in [6.07, 6.45) is 1.56. The Hall–Kier alpha value is -2.93. The highest BCUT2D eigenvalue weighted by Gasteiger charge is 2.17. The number of carbonyl (C=O) groups is 1. The van der Waals surface area contributed by atoms with Crippen LogP contribution in [0, 0.1) is 6.92 Å². The van der Waals surface area contributed by atoms with Crippen LogP contribution in [0.25, 0.3) is 0 Å². The standard InChI is InChI=1S/C20H21N3O3S/c1-12(2)20-22-13(3)18(27-20)19(24)23-14-8-9-17(21-11-14)26-16-7-5-6-15(10-16)25-4/h5-12H,1-4H3,(H,23,24). The highest BCUT2D eigenvalue weighted by atomic mass is 32.1. The molecule has 0 radical (unpaired) electrons. The fraction of sp³-hybridized carbons (Fsp3) is 0.250. The van der Waals surface area contributed by atoms with Gasteiger partial charge in [0.15, 0.2) is 0 Å². The first-order valence-electron chi connectivity index (χ1n) is 8.53. The monoisotopic (exact) mass is 383 g/mol. The lowest BCUT2D eigenvalue weighted by Gasteiger charge is -2.08. The number of anilines is 1. The van der Waals surface area contributed by atoms with Crippen molar-refractivity contribution in [1.29, 1.82) is 0 Å². The number of ether oxygens (including phenoxy) is 2. The summed E-state index contributed by atoms with van der Waals surface area (Å²) in [5.41, 5.74) is 1.34. The molecule has 6 nitrogen and oxygen atoms in total. The number of aryl methyl sites for hydroxylation is 1. The molecule has 3 aromatic rings. The topological polar surface area (TPSA) is 73.3 Å². The van der Waals surface area contributed by atoms with E-state index in [0.29, 0.717) is 33.9 Å². The molecular formula is C20H21N3O3S. The van der Waals surface area contributed by atoms with Crippen LogP contribution in [0.1, 0.15) is 40.1 Å². The molecule has 7 heteroatoms. The third kappa shape index (κ3) is 4.62. The highest BCUT2D eigenvalue weighted by Crippen LogP contribution is 2.26. The summed E-state index contributed by atoms with van der Waals surface area (Å²) < 4.78 is 10.9. The number of aromatic nitrogens is 2. The molecule has 0 aliphatic heterocycles. The normalized spacial score (nSPS) is 10.7. The minimum atomic E-state index is -0.180.